The Morgan fingerprint density at radius 1 is 1.15 bits per heavy atom. The van der Waals surface area contributed by atoms with Crippen molar-refractivity contribution in [1.82, 2.24) is 10.2 Å². The van der Waals surface area contributed by atoms with Crippen molar-refractivity contribution in [2.45, 2.75) is 12.8 Å². The number of hydrogen-bond donors (Lipinski definition) is 2. The molecule has 5 nitrogen and oxygen atoms in total. The Labute approximate surface area is 113 Å². The highest BCUT2D eigenvalue weighted by Crippen LogP contribution is 2.40. The molecule has 1 aliphatic rings. The van der Waals surface area contributed by atoms with E-state index >= 15 is 0 Å². The van der Waals surface area contributed by atoms with Gasteiger partial charge in [-0.2, -0.15) is 5.10 Å². The fraction of sp³-hybridized carbons (Fsp3) is 0.308. The minimum absolute atomic E-state index is 0.141. The van der Waals surface area contributed by atoms with Crippen LogP contribution in [0.5, 0.6) is 11.5 Å². The van der Waals surface area contributed by atoms with Gasteiger partial charge in [0.05, 0.1) is 18.9 Å². The summed E-state index contributed by atoms with van der Waals surface area (Å²) in [7, 11) is 0. The molecular formula is C13H13F2N3O2. The third-order valence-electron chi connectivity index (χ3n) is 3.04. The van der Waals surface area contributed by atoms with Crippen LogP contribution in [0, 0.1) is 0 Å². The number of H-pyrrole nitrogens is 1. The maximum absolute atomic E-state index is 13.2. The van der Waals surface area contributed by atoms with Crippen molar-refractivity contribution in [2.24, 2.45) is 0 Å². The number of ether oxygens (including phenoxy) is 2. The first-order valence-electron chi connectivity index (χ1n) is 6.18. The number of halogens is 2. The molecule has 106 valence electrons. The van der Waals surface area contributed by atoms with Crippen LogP contribution in [0.25, 0.3) is 11.3 Å². The monoisotopic (exact) mass is 281 g/mol. The lowest BCUT2D eigenvalue weighted by Gasteiger charge is -2.13. The van der Waals surface area contributed by atoms with Gasteiger partial charge in [0, 0.05) is 23.6 Å². The van der Waals surface area contributed by atoms with Crippen LogP contribution in [0.1, 0.15) is 18.4 Å². The molecule has 1 aromatic carbocycles. The number of fused-ring (bicyclic) bond motifs is 1. The first-order chi connectivity index (χ1) is 9.65. The minimum Gasteiger partial charge on any atom is -0.490 e. The van der Waals surface area contributed by atoms with Gasteiger partial charge in [-0.3, -0.25) is 5.10 Å². The van der Waals surface area contributed by atoms with E-state index in [1.54, 1.807) is 0 Å². The normalized spacial score (nSPS) is 14.3. The number of nitrogen functional groups attached to an aromatic ring is 1. The first kappa shape index (κ1) is 12.7. The molecule has 0 spiro atoms. The van der Waals surface area contributed by atoms with Gasteiger partial charge in [0.15, 0.2) is 11.5 Å². The fourth-order valence-electron chi connectivity index (χ4n) is 2.11. The molecule has 2 aromatic rings. The molecule has 1 aromatic heterocycles. The molecule has 2 heterocycles. The summed E-state index contributed by atoms with van der Waals surface area (Å²) in [5.74, 6) is 1.04. The van der Waals surface area contributed by atoms with E-state index in [0.29, 0.717) is 42.4 Å². The van der Waals surface area contributed by atoms with Gasteiger partial charge in [-0.1, -0.05) is 0 Å². The van der Waals surface area contributed by atoms with Crippen molar-refractivity contribution < 1.29 is 18.3 Å². The van der Waals surface area contributed by atoms with Gasteiger partial charge >= 0.3 is 0 Å². The summed E-state index contributed by atoms with van der Waals surface area (Å²) in [5.41, 5.74) is 6.12. The number of alkyl halides is 2. The Morgan fingerprint density at radius 3 is 2.45 bits per heavy atom. The molecule has 0 radical (unpaired) electrons. The van der Waals surface area contributed by atoms with Gasteiger partial charge in [-0.05, 0) is 12.1 Å². The van der Waals surface area contributed by atoms with Crippen LogP contribution in [-0.4, -0.2) is 23.4 Å². The van der Waals surface area contributed by atoms with E-state index < -0.39 is 6.43 Å². The molecule has 0 unspecified atom stereocenters. The molecule has 0 aliphatic carbocycles. The average Bonchev–Trinajstić information content (AvgIpc) is 2.72. The SMILES string of the molecule is Nc1cc(-c2cc3c(cc2C(F)F)OCCCO3)[nH]n1. The van der Waals surface area contributed by atoms with E-state index in [-0.39, 0.29) is 11.4 Å². The summed E-state index contributed by atoms with van der Waals surface area (Å²) < 4.78 is 37.4. The van der Waals surface area contributed by atoms with E-state index in [0.717, 1.165) is 0 Å². The quantitative estimate of drug-likeness (QED) is 0.887. The third-order valence-corrected chi connectivity index (χ3v) is 3.04. The second kappa shape index (κ2) is 4.99. The molecule has 7 heteroatoms. The van der Waals surface area contributed by atoms with Gasteiger partial charge in [-0.15, -0.1) is 0 Å². The van der Waals surface area contributed by atoms with Crippen molar-refractivity contribution in [2.75, 3.05) is 18.9 Å². The van der Waals surface area contributed by atoms with Gasteiger partial charge < -0.3 is 15.2 Å². The fourth-order valence-corrected chi connectivity index (χ4v) is 2.11. The number of aromatic amines is 1. The Bertz CT molecular complexity index is 628. The van der Waals surface area contributed by atoms with Crippen LogP contribution in [0.3, 0.4) is 0 Å². The number of nitrogens with two attached hydrogens (primary N) is 1. The van der Waals surface area contributed by atoms with Crippen LogP contribution in [0.4, 0.5) is 14.6 Å². The molecule has 0 atom stereocenters. The largest absolute Gasteiger partial charge is 0.490 e. The Morgan fingerprint density at radius 2 is 1.85 bits per heavy atom. The molecule has 3 rings (SSSR count). The average molecular weight is 281 g/mol. The minimum atomic E-state index is -2.63. The van der Waals surface area contributed by atoms with Crippen molar-refractivity contribution in [3.63, 3.8) is 0 Å². The van der Waals surface area contributed by atoms with Crippen LogP contribution in [-0.2, 0) is 0 Å². The number of aromatic nitrogens is 2. The zero-order chi connectivity index (χ0) is 14.1. The molecule has 0 saturated heterocycles. The second-order valence-corrected chi connectivity index (χ2v) is 4.44. The van der Waals surface area contributed by atoms with Crippen LogP contribution in [0.2, 0.25) is 0 Å². The Hall–Kier alpha value is -2.31. The highest BCUT2D eigenvalue weighted by Gasteiger charge is 2.21. The zero-order valence-corrected chi connectivity index (χ0v) is 10.5. The van der Waals surface area contributed by atoms with Gasteiger partial charge in [0.1, 0.15) is 5.82 Å². The maximum atomic E-state index is 13.2. The number of anilines is 1. The van der Waals surface area contributed by atoms with E-state index in [1.165, 1.54) is 18.2 Å². The molecule has 0 bridgehead atoms. The van der Waals surface area contributed by atoms with Crippen molar-refractivity contribution in [3.8, 4) is 22.8 Å². The Kier molecular flexibility index (Phi) is 3.17. The predicted molar refractivity (Wildman–Crippen MR) is 69.0 cm³/mol. The maximum Gasteiger partial charge on any atom is 0.264 e. The van der Waals surface area contributed by atoms with Crippen LogP contribution < -0.4 is 15.2 Å². The predicted octanol–water partition coefficient (Wildman–Crippen LogP) is 2.76. The van der Waals surface area contributed by atoms with E-state index in [1.807, 2.05) is 0 Å². The summed E-state index contributed by atoms with van der Waals surface area (Å²) in [6.07, 6.45) is -1.92. The zero-order valence-electron chi connectivity index (χ0n) is 10.5. The van der Waals surface area contributed by atoms with Gasteiger partial charge in [-0.25, -0.2) is 8.78 Å². The lowest BCUT2D eigenvalue weighted by molar-refractivity contribution is 0.151. The summed E-state index contributed by atoms with van der Waals surface area (Å²) in [4.78, 5) is 0. The molecule has 0 fully saturated rings. The van der Waals surface area contributed by atoms with Crippen LogP contribution in [0.15, 0.2) is 18.2 Å². The smallest absolute Gasteiger partial charge is 0.264 e. The molecule has 1 aliphatic heterocycles. The number of rotatable bonds is 2. The Balaban J connectivity index is 2.14. The summed E-state index contributed by atoms with van der Waals surface area (Å²) in [6, 6.07) is 4.36. The summed E-state index contributed by atoms with van der Waals surface area (Å²) in [6.45, 7) is 0.942. The first-order valence-corrected chi connectivity index (χ1v) is 6.18. The van der Waals surface area contributed by atoms with Crippen molar-refractivity contribution >= 4 is 5.82 Å². The number of benzene rings is 1. The molecule has 0 amide bonds. The number of nitrogens with zero attached hydrogens (tertiary/aromatic N) is 1. The lowest BCUT2D eigenvalue weighted by Crippen LogP contribution is -1.97. The topological polar surface area (TPSA) is 73.2 Å². The van der Waals surface area contributed by atoms with E-state index in [4.69, 9.17) is 15.2 Å². The van der Waals surface area contributed by atoms with Gasteiger partial charge in [0.2, 0.25) is 0 Å². The van der Waals surface area contributed by atoms with E-state index in [2.05, 4.69) is 10.2 Å². The lowest BCUT2D eigenvalue weighted by atomic mass is 10.0. The van der Waals surface area contributed by atoms with Crippen molar-refractivity contribution in [3.05, 3.63) is 23.8 Å². The highest BCUT2D eigenvalue weighted by molar-refractivity contribution is 5.70. The van der Waals surface area contributed by atoms with Crippen molar-refractivity contribution in [1.29, 1.82) is 0 Å². The number of hydrogen-bond acceptors (Lipinski definition) is 4. The standard InChI is InChI=1S/C13H13F2N3O2/c14-13(15)8-5-11-10(19-2-1-3-20-11)4-7(8)9-6-12(16)18-17-9/h4-6,13H,1-3H2,(H3,16,17,18). The van der Waals surface area contributed by atoms with Gasteiger partial charge in [0.25, 0.3) is 6.43 Å². The summed E-state index contributed by atoms with van der Waals surface area (Å²) >= 11 is 0. The van der Waals surface area contributed by atoms with E-state index in [9.17, 15) is 8.78 Å². The number of nitrogens with one attached hydrogen (secondary N) is 1. The molecule has 20 heavy (non-hydrogen) atoms. The molecule has 3 N–H and O–H groups in total. The summed E-state index contributed by atoms with van der Waals surface area (Å²) in [5, 5.41) is 6.39. The highest BCUT2D eigenvalue weighted by atomic mass is 19.3. The second-order valence-electron chi connectivity index (χ2n) is 4.44. The molecule has 0 saturated carbocycles. The van der Waals surface area contributed by atoms with Crippen LogP contribution >= 0.6 is 0 Å². The third kappa shape index (κ3) is 2.26. The molecular weight excluding hydrogens is 268 g/mol.